The summed E-state index contributed by atoms with van der Waals surface area (Å²) in [5.41, 5.74) is 0. The van der Waals surface area contributed by atoms with E-state index >= 15 is 0 Å². The Bertz CT molecular complexity index is 125. The Morgan fingerprint density at radius 1 is 1.25 bits per heavy atom. The van der Waals surface area contributed by atoms with Gasteiger partial charge in [-0.15, -0.1) is 0 Å². The molecule has 1 rings (SSSR count). The first kappa shape index (κ1) is 13.1. The fourth-order valence-corrected chi connectivity index (χ4v) is 2.15. The summed E-state index contributed by atoms with van der Waals surface area (Å²) >= 11 is 0. The predicted molar refractivity (Wildman–Crippen MR) is 47.3 cm³/mol. The van der Waals surface area contributed by atoms with Crippen LogP contribution in [0.2, 0.25) is 0 Å². The molecule has 0 amide bonds. The maximum absolute atomic E-state index is 9.71. The minimum atomic E-state index is -0.0289. The maximum Gasteiger partial charge on any atom is 0.0573 e. The van der Waals surface area contributed by atoms with Gasteiger partial charge in [0.2, 0.25) is 0 Å². The van der Waals surface area contributed by atoms with Crippen molar-refractivity contribution in [1.82, 2.24) is 0 Å². The second-order valence-electron chi connectivity index (χ2n) is 4.39. The molecule has 0 heterocycles. The van der Waals surface area contributed by atoms with Crippen LogP contribution >= 0.6 is 0 Å². The van der Waals surface area contributed by atoms with E-state index in [9.17, 15) is 5.11 Å². The summed E-state index contributed by atoms with van der Waals surface area (Å²) in [6.07, 6.45) is 3.52. The number of hydrogen-bond acceptors (Lipinski definition) is 1. The van der Waals surface area contributed by atoms with Crippen molar-refractivity contribution in [2.24, 2.45) is 17.8 Å². The molecule has 0 aromatic rings. The van der Waals surface area contributed by atoms with Gasteiger partial charge in [-0.1, -0.05) is 27.2 Å². The van der Waals surface area contributed by atoms with Crippen LogP contribution in [0, 0.1) is 17.8 Å². The molecule has 12 heavy (non-hydrogen) atoms. The van der Waals surface area contributed by atoms with Crippen LogP contribution in [0.5, 0.6) is 0 Å². The van der Waals surface area contributed by atoms with Crippen LogP contribution in [0.15, 0.2) is 0 Å². The molecule has 1 N–H and O–H groups in total. The van der Waals surface area contributed by atoms with Gasteiger partial charge in [0.1, 0.15) is 0 Å². The molecule has 0 saturated heterocycles. The van der Waals surface area contributed by atoms with Gasteiger partial charge >= 0.3 is 0 Å². The Kier molecular flexibility index (Phi) is 6.23. The summed E-state index contributed by atoms with van der Waals surface area (Å²) in [5.74, 6) is 1.95. The molecular formula is C10H20OY. The van der Waals surface area contributed by atoms with E-state index < -0.39 is 0 Å². The topological polar surface area (TPSA) is 20.2 Å². The molecule has 1 aliphatic carbocycles. The van der Waals surface area contributed by atoms with Crippen molar-refractivity contribution in [2.75, 3.05) is 0 Å². The first-order chi connectivity index (χ1) is 5.11. The first-order valence-electron chi connectivity index (χ1n) is 4.79. The molecule has 1 saturated carbocycles. The quantitative estimate of drug-likeness (QED) is 0.752. The van der Waals surface area contributed by atoms with Gasteiger partial charge in [0.05, 0.1) is 6.10 Å². The molecular weight excluding hydrogens is 225 g/mol. The van der Waals surface area contributed by atoms with E-state index in [1.807, 2.05) is 0 Å². The third-order valence-corrected chi connectivity index (χ3v) is 2.99. The van der Waals surface area contributed by atoms with Gasteiger partial charge in [-0.2, -0.15) is 0 Å². The van der Waals surface area contributed by atoms with E-state index in [4.69, 9.17) is 0 Å². The Morgan fingerprint density at radius 2 is 1.83 bits per heavy atom. The molecule has 1 aliphatic rings. The largest absolute Gasteiger partial charge is 0.393 e. The minimum Gasteiger partial charge on any atom is -0.393 e. The SMILES string of the molecule is CC1CCC(C(C)C)C(O)C1.[Y]. The van der Waals surface area contributed by atoms with Gasteiger partial charge < -0.3 is 5.11 Å². The monoisotopic (exact) mass is 245 g/mol. The summed E-state index contributed by atoms with van der Waals surface area (Å²) in [4.78, 5) is 0. The van der Waals surface area contributed by atoms with E-state index in [1.54, 1.807) is 0 Å². The predicted octanol–water partition coefficient (Wildman–Crippen LogP) is 2.44. The molecule has 0 bridgehead atoms. The summed E-state index contributed by atoms with van der Waals surface area (Å²) in [5, 5.41) is 9.71. The van der Waals surface area contributed by atoms with Crippen molar-refractivity contribution in [3.8, 4) is 0 Å². The second kappa shape index (κ2) is 5.72. The van der Waals surface area contributed by atoms with Crippen molar-refractivity contribution in [3.63, 3.8) is 0 Å². The van der Waals surface area contributed by atoms with Crippen LogP contribution in [0.4, 0.5) is 0 Å². The molecule has 1 fully saturated rings. The van der Waals surface area contributed by atoms with Crippen LogP contribution in [-0.2, 0) is 32.7 Å². The van der Waals surface area contributed by atoms with Crippen LogP contribution in [-0.4, -0.2) is 11.2 Å². The fourth-order valence-electron chi connectivity index (χ4n) is 2.15. The molecule has 0 aromatic carbocycles. The average Bonchev–Trinajstić information content (AvgIpc) is 1.85. The summed E-state index contributed by atoms with van der Waals surface area (Å²) in [6, 6.07) is 0. The van der Waals surface area contributed by atoms with E-state index in [1.165, 1.54) is 12.8 Å². The molecule has 0 spiro atoms. The molecule has 1 radical (unpaired) electrons. The van der Waals surface area contributed by atoms with Gasteiger partial charge in [-0.25, -0.2) is 0 Å². The molecule has 0 aliphatic heterocycles. The molecule has 3 unspecified atom stereocenters. The Morgan fingerprint density at radius 3 is 2.25 bits per heavy atom. The van der Waals surface area contributed by atoms with E-state index in [0.717, 1.165) is 12.3 Å². The third kappa shape index (κ3) is 3.43. The minimum absolute atomic E-state index is 0. The normalized spacial score (nSPS) is 36.2. The van der Waals surface area contributed by atoms with Crippen molar-refractivity contribution in [2.45, 2.75) is 46.1 Å². The zero-order valence-corrected chi connectivity index (χ0v) is 11.3. The van der Waals surface area contributed by atoms with Gasteiger partial charge in [0, 0.05) is 32.7 Å². The van der Waals surface area contributed by atoms with Gasteiger partial charge in [-0.3, -0.25) is 0 Å². The third-order valence-electron chi connectivity index (χ3n) is 2.99. The fraction of sp³-hybridized carbons (Fsp3) is 1.00. The maximum atomic E-state index is 9.71. The number of aliphatic hydroxyl groups is 1. The molecule has 69 valence electrons. The second-order valence-corrected chi connectivity index (χ2v) is 4.39. The first-order valence-corrected chi connectivity index (χ1v) is 4.79. The zero-order valence-electron chi connectivity index (χ0n) is 8.46. The van der Waals surface area contributed by atoms with Crippen molar-refractivity contribution in [1.29, 1.82) is 0 Å². The summed E-state index contributed by atoms with van der Waals surface area (Å²) in [7, 11) is 0. The zero-order chi connectivity index (χ0) is 8.43. The Balaban J connectivity index is 0.00000121. The molecule has 1 nitrogen and oxygen atoms in total. The smallest absolute Gasteiger partial charge is 0.0573 e. The van der Waals surface area contributed by atoms with Crippen molar-refractivity contribution in [3.05, 3.63) is 0 Å². The molecule has 0 aromatic heterocycles. The summed E-state index contributed by atoms with van der Waals surface area (Å²) in [6.45, 7) is 6.66. The van der Waals surface area contributed by atoms with Crippen LogP contribution < -0.4 is 0 Å². The number of aliphatic hydroxyl groups excluding tert-OH is 1. The van der Waals surface area contributed by atoms with E-state index in [-0.39, 0.29) is 38.8 Å². The van der Waals surface area contributed by atoms with E-state index in [2.05, 4.69) is 20.8 Å². The molecule has 2 heteroatoms. The van der Waals surface area contributed by atoms with Crippen molar-refractivity contribution < 1.29 is 37.8 Å². The van der Waals surface area contributed by atoms with Gasteiger partial charge in [0.25, 0.3) is 0 Å². The Hall–Kier alpha value is 1.06. The standard InChI is InChI=1S/C10H20O.Y/c1-7(2)9-5-4-8(3)6-10(9)11;/h7-11H,4-6H2,1-3H3;. The van der Waals surface area contributed by atoms with Crippen LogP contribution in [0.25, 0.3) is 0 Å². The van der Waals surface area contributed by atoms with Gasteiger partial charge in [-0.05, 0) is 30.6 Å². The van der Waals surface area contributed by atoms with Crippen molar-refractivity contribution >= 4 is 0 Å². The summed E-state index contributed by atoms with van der Waals surface area (Å²) < 4.78 is 0. The number of hydrogen-bond donors (Lipinski definition) is 1. The average molecular weight is 245 g/mol. The van der Waals surface area contributed by atoms with Gasteiger partial charge in [0.15, 0.2) is 0 Å². The van der Waals surface area contributed by atoms with Crippen LogP contribution in [0.1, 0.15) is 40.0 Å². The molecule has 3 atom stereocenters. The Labute approximate surface area is 101 Å². The van der Waals surface area contributed by atoms with Crippen LogP contribution in [0.3, 0.4) is 0 Å². The number of rotatable bonds is 1. The van der Waals surface area contributed by atoms with E-state index in [0.29, 0.717) is 11.8 Å².